The number of ether oxygens (including phenoxy) is 1. The van der Waals surface area contributed by atoms with Gasteiger partial charge in [0, 0.05) is 15.2 Å². The number of aryl methyl sites for hydroxylation is 1. The Morgan fingerprint density at radius 3 is 2.85 bits per heavy atom. The van der Waals surface area contributed by atoms with E-state index in [1.54, 1.807) is 24.3 Å². The van der Waals surface area contributed by atoms with E-state index in [2.05, 4.69) is 21.2 Å². The van der Waals surface area contributed by atoms with Crippen LogP contribution in [0.2, 0.25) is 5.02 Å². The molecule has 0 fully saturated rings. The summed E-state index contributed by atoms with van der Waals surface area (Å²) in [4.78, 5) is 11.8. The monoisotopic (exact) mass is 353 g/mol. The number of anilines is 1. The Hall–Kier alpha value is -1.52. The molecule has 0 aliphatic heterocycles. The van der Waals surface area contributed by atoms with Crippen LogP contribution in [0, 0.1) is 6.92 Å². The van der Waals surface area contributed by atoms with Gasteiger partial charge in [-0.05, 0) is 42.8 Å². The third kappa shape index (κ3) is 4.25. The number of nitrogens with one attached hydrogen (secondary N) is 1. The van der Waals surface area contributed by atoms with E-state index in [0.717, 1.165) is 10.0 Å². The van der Waals surface area contributed by atoms with Crippen molar-refractivity contribution in [2.75, 3.05) is 11.9 Å². The van der Waals surface area contributed by atoms with Crippen LogP contribution in [-0.4, -0.2) is 12.5 Å². The Morgan fingerprint density at radius 2 is 2.10 bits per heavy atom. The number of carbonyl (C=O) groups is 1. The van der Waals surface area contributed by atoms with Crippen molar-refractivity contribution >= 4 is 39.1 Å². The molecule has 2 rings (SSSR count). The lowest BCUT2D eigenvalue weighted by Crippen LogP contribution is -2.20. The van der Waals surface area contributed by atoms with Gasteiger partial charge in [0.2, 0.25) is 0 Å². The quantitative estimate of drug-likeness (QED) is 0.882. The topological polar surface area (TPSA) is 38.3 Å². The standard InChI is InChI=1S/C15H13BrClNO2/c1-10-5-6-12(17)8-14(10)18-15(19)9-20-13-4-2-3-11(16)7-13/h2-8H,9H2,1H3,(H,18,19). The first-order valence-corrected chi connectivity index (χ1v) is 7.16. The number of amides is 1. The van der Waals surface area contributed by atoms with E-state index in [1.165, 1.54) is 0 Å². The van der Waals surface area contributed by atoms with Crippen molar-refractivity contribution < 1.29 is 9.53 Å². The van der Waals surface area contributed by atoms with E-state index in [9.17, 15) is 4.79 Å². The van der Waals surface area contributed by atoms with Crippen LogP contribution in [0.3, 0.4) is 0 Å². The van der Waals surface area contributed by atoms with Crippen molar-refractivity contribution in [1.82, 2.24) is 0 Å². The van der Waals surface area contributed by atoms with Crippen LogP contribution in [0.5, 0.6) is 5.75 Å². The molecule has 0 aromatic heterocycles. The van der Waals surface area contributed by atoms with Crippen LogP contribution < -0.4 is 10.1 Å². The molecule has 0 radical (unpaired) electrons. The lowest BCUT2D eigenvalue weighted by Gasteiger charge is -2.10. The van der Waals surface area contributed by atoms with E-state index in [1.807, 2.05) is 25.1 Å². The van der Waals surface area contributed by atoms with Crippen molar-refractivity contribution in [3.8, 4) is 5.75 Å². The van der Waals surface area contributed by atoms with Gasteiger partial charge in [-0.2, -0.15) is 0 Å². The van der Waals surface area contributed by atoms with Gasteiger partial charge in [-0.3, -0.25) is 4.79 Å². The second-order valence-corrected chi connectivity index (χ2v) is 5.61. The molecular formula is C15H13BrClNO2. The fourth-order valence-corrected chi connectivity index (χ4v) is 2.17. The molecule has 104 valence electrons. The first-order valence-electron chi connectivity index (χ1n) is 5.99. The van der Waals surface area contributed by atoms with Crippen molar-refractivity contribution in [2.45, 2.75) is 6.92 Å². The summed E-state index contributed by atoms with van der Waals surface area (Å²) >= 11 is 9.25. The molecule has 2 aromatic rings. The number of hydrogen-bond donors (Lipinski definition) is 1. The number of rotatable bonds is 4. The highest BCUT2D eigenvalue weighted by molar-refractivity contribution is 9.10. The average molecular weight is 355 g/mol. The van der Waals surface area contributed by atoms with E-state index in [-0.39, 0.29) is 12.5 Å². The summed E-state index contributed by atoms with van der Waals surface area (Å²) < 4.78 is 6.32. The summed E-state index contributed by atoms with van der Waals surface area (Å²) in [6.07, 6.45) is 0. The highest BCUT2D eigenvalue weighted by Crippen LogP contribution is 2.20. The van der Waals surface area contributed by atoms with Gasteiger partial charge in [0.25, 0.3) is 5.91 Å². The highest BCUT2D eigenvalue weighted by atomic mass is 79.9. The third-order valence-corrected chi connectivity index (χ3v) is 3.37. The molecular weight excluding hydrogens is 342 g/mol. The molecule has 2 aromatic carbocycles. The first-order chi connectivity index (χ1) is 9.54. The summed E-state index contributed by atoms with van der Waals surface area (Å²) in [5.74, 6) is 0.410. The van der Waals surface area contributed by atoms with Crippen molar-refractivity contribution in [3.63, 3.8) is 0 Å². The summed E-state index contributed by atoms with van der Waals surface area (Å²) in [5.41, 5.74) is 1.64. The molecule has 3 nitrogen and oxygen atoms in total. The summed E-state index contributed by atoms with van der Waals surface area (Å²) in [6.45, 7) is 1.85. The Labute approximate surface area is 131 Å². The Bertz CT molecular complexity index is 631. The maximum atomic E-state index is 11.8. The van der Waals surface area contributed by atoms with Crippen molar-refractivity contribution in [3.05, 3.63) is 57.5 Å². The van der Waals surface area contributed by atoms with Crippen LogP contribution in [0.1, 0.15) is 5.56 Å². The molecule has 0 unspecified atom stereocenters. The predicted octanol–water partition coefficient (Wildman–Crippen LogP) is 4.43. The molecule has 0 saturated carbocycles. The maximum Gasteiger partial charge on any atom is 0.262 e. The van der Waals surface area contributed by atoms with E-state index in [0.29, 0.717) is 16.5 Å². The highest BCUT2D eigenvalue weighted by Gasteiger charge is 2.06. The maximum absolute atomic E-state index is 11.8. The SMILES string of the molecule is Cc1ccc(Cl)cc1NC(=O)COc1cccc(Br)c1. The zero-order valence-electron chi connectivity index (χ0n) is 10.8. The summed E-state index contributed by atoms with van der Waals surface area (Å²) in [6, 6.07) is 12.7. The Kier molecular flexibility index (Phi) is 5.04. The van der Waals surface area contributed by atoms with Gasteiger partial charge in [0.05, 0.1) is 0 Å². The van der Waals surface area contributed by atoms with Crippen LogP contribution in [0.4, 0.5) is 5.69 Å². The Morgan fingerprint density at radius 1 is 1.30 bits per heavy atom. The normalized spacial score (nSPS) is 10.2. The van der Waals surface area contributed by atoms with Crippen LogP contribution in [0.25, 0.3) is 0 Å². The fourth-order valence-electron chi connectivity index (χ4n) is 1.62. The lowest BCUT2D eigenvalue weighted by atomic mass is 10.2. The molecule has 20 heavy (non-hydrogen) atoms. The number of benzene rings is 2. The molecule has 0 bridgehead atoms. The van der Waals surface area contributed by atoms with Gasteiger partial charge in [0.1, 0.15) is 5.75 Å². The average Bonchev–Trinajstić information content (AvgIpc) is 2.41. The predicted molar refractivity (Wildman–Crippen MR) is 84.5 cm³/mol. The molecule has 0 atom stereocenters. The molecule has 0 aliphatic carbocycles. The fraction of sp³-hybridized carbons (Fsp3) is 0.133. The van der Waals surface area contributed by atoms with Gasteiger partial charge in [-0.25, -0.2) is 0 Å². The van der Waals surface area contributed by atoms with Crippen LogP contribution >= 0.6 is 27.5 Å². The third-order valence-electron chi connectivity index (χ3n) is 2.64. The second-order valence-electron chi connectivity index (χ2n) is 4.25. The largest absolute Gasteiger partial charge is 0.484 e. The number of carbonyl (C=O) groups excluding carboxylic acids is 1. The minimum Gasteiger partial charge on any atom is -0.484 e. The molecule has 0 saturated heterocycles. The number of hydrogen-bond acceptors (Lipinski definition) is 2. The van der Waals surface area contributed by atoms with Crippen molar-refractivity contribution in [1.29, 1.82) is 0 Å². The summed E-state index contributed by atoms with van der Waals surface area (Å²) in [7, 11) is 0. The minimum atomic E-state index is -0.227. The van der Waals surface area contributed by atoms with Crippen LogP contribution in [0.15, 0.2) is 46.9 Å². The zero-order chi connectivity index (χ0) is 14.5. The van der Waals surface area contributed by atoms with Crippen molar-refractivity contribution in [2.24, 2.45) is 0 Å². The van der Waals surface area contributed by atoms with E-state index >= 15 is 0 Å². The second kappa shape index (κ2) is 6.77. The smallest absolute Gasteiger partial charge is 0.262 e. The molecule has 5 heteroatoms. The van der Waals surface area contributed by atoms with E-state index < -0.39 is 0 Å². The molecule has 1 amide bonds. The Balaban J connectivity index is 1.94. The first kappa shape index (κ1) is 14.9. The molecule has 1 N–H and O–H groups in total. The van der Waals surface area contributed by atoms with Gasteiger partial charge in [0.15, 0.2) is 6.61 Å². The van der Waals surface area contributed by atoms with Crippen LogP contribution in [-0.2, 0) is 4.79 Å². The van der Waals surface area contributed by atoms with Gasteiger partial charge >= 0.3 is 0 Å². The van der Waals surface area contributed by atoms with Gasteiger partial charge in [-0.1, -0.05) is 39.7 Å². The van der Waals surface area contributed by atoms with Gasteiger partial charge in [-0.15, -0.1) is 0 Å². The molecule has 0 aliphatic rings. The molecule has 0 spiro atoms. The zero-order valence-corrected chi connectivity index (χ0v) is 13.2. The number of halogens is 2. The minimum absolute atomic E-state index is 0.0532. The lowest BCUT2D eigenvalue weighted by molar-refractivity contribution is -0.118. The van der Waals surface area contributed by atoms with E-state index in [4.69, 9.17) is 16.3 Å². The summed E-state index contributed by atoms with van der Waals surface area (Å²) in [5, 5.41) is 3.36. The van der Waals surface area contributed by atoms with Gasteiger partial charge < -0.3 is 10.1 Å². The molecule has 0 heterocycles.